The number of aliphatic hydroxyl groups excluding tert-OH is 1. The summed E-state index contributed by atoms with van der Waals surface area (Å²) in [6, 6.07) is 0.0999. The molecule has 0 amide bonds. The molecule has 1 fully saturated rings. The van der Waals surface area contributed by atoms with Crippen LogP contribution in [0.1, 0.15) is 25.7 Å². The number of nitrogens with zero attached hydrogens (tertiary/aromatic N) is 2. The third-order valence-corrected chi connectivity index (χ3v) is 3.48. The third kappa shape index (κ3) is 4.54. The molecule has 19 heavy (non-hydrogen) atoms. The zero-order chi connectivity index (χ0) is 14.5. The number of oxime groups is 1. The van der Waals surface area contributed by atoms with E-state index in [0.717, 1.165) is 19.3 Å². The average molecular weight is 283 g/mol. The quantitative estimate of drug-likeness (QED) is 0.283. The molecule has 0 spiro atoms. The summed E-state index contributed by atoms with van der Waals surface area (Å²) in [6.45, 7) is -0.0139. The van der Waals surface area contributed by atoms with Crippen LogP contribution in [0.5, 0.6) is 0 Å². The lowest BCUT2D eigenvalue weighted by atomic mass is 9.90. The molecule has 0 radical (unpaired) electrons. The minimum Gasteiger partial charge on any atom is -0.409 e. The van der Waals surface area contributed by atoms with Crippen molar-refractivity contribution in [2.45, 2.75) is 37.9 Å². The number of amidine groups is 1. The fourth-order valence-electron chi connectivity index (χ4n) is 2.12. The smallest absolute Gasteiger partial charge is 0.400 e. The van der Waals surface area contributed by atoms with E-state index in [2.05, 4.69) is 5.16 Å². The van der Waals surface area contributed by atoms with Crippen LogP contribution in [0.15, 0.2) is 5.16 Å². The third-order valence-electron chi connectivity index (χ3n) is 3.48. The van der Waals surface area contributed by atoms with Gasteiger partial charge in [-0.2, -0.15) is 13.2 Å². The molecule has 1 saturated carbocycles. The minimum atomic E-state index is -4.54. The maximum Gasteiger partial charge on any atom is 0.400 e. The summed E-state index contributed by atoms with van der Waals surface area (Å²) in [6.07, 6.45) is -1.42. The molecule has 0 aromatic carbocycles. The monoisotopic (exact) mass is 283 g/mol. The Hall–Kier alpha value is -1.02. The van der Waals surface area contributed by atoms with Gasteiger partial charge in [-0.3, -0.25) is 4.90 Å². The van der Waals surface area contributed by atoms with E-state index in [1.54, 1.807) is 4.90 Å². The van der Waals surface area contributed by atoms with Gasteiger partial charge in [0.1, 0.15) is 5.92 Å². The van der Waals surface area contributed by atoms with Crippen molar-refractivity contribution in [2.75, 3.05) is 19.7 Å². The van der Waals surface area contributed by atoms with Crippen molar-refractivity contribution in [3.05, 3.63) is 0 Å². The summed E-state index contributed by atoms with van der Waals surface area (Å²) >= 11 is 0. The molecule has 0 aromatic rings. The van der Waals surface area contributed by atoms with Crippen LogP contribution in [0.2, 0.25) is 0 Å². The molecule has 4 N–H and O–H groups in total. The average Bonchev–Trinajstić information content (AvgIpc) is 2.27. The predicted molar refractivity (Wildman–Crippen MR) is 63.9 cm³/mol. The number of nitrogens with two attached hydrogens (primary N) is 1. The van der Waals surface area contributed by atoms with Gasteiger partial charge in [-0.1, -0.05) is 11.6 Å². The molecule has 1 rings (SSSR count). The first-order valence-electron chi connectivity index (χ1n) is 6.29. The zero-order valence-electron chi connectivity index (χ0n) is 10.6. The van der Waals surface area contributed by atoms with Crippen LogP contribution in [-0.2, 0) is 0 Å². The number of halogens is 3. The molecule has 1 aliphatic carbocycles. The highest BCUT2D eigenvalue weighted by Gasteiger charge is 2.44. The van der Waals surface area contributed by atoms with Gasteiger partial charge in [-0.15, -0.1) is 0 Å². The molecule has 8 heteroatoms. The maximum absolute atomic E-state index is 12.9. The van der Waals surface area contributed by atoms with Crippen LogP contribution in [0.4, 0.5) is 13.2 Å². The number of hydrogen-bond acceptors (Lipinski definition) is 4. The number of rotatable bonds is 7. The SMILES string of the molecule is NC(=NO)C(CN(CCCO)C1CCC1)C(F)(F)F. The molecule has 112 valence electrons. The van der Waals surface area contributed by atoms with Crippen molar-refractivity contribution in [3.8, 4) is 0 Å². The summed E-state index contributed by atoms with van der Waals surface area (Å²) in [4.78, 5) is 1.68. The number of alkyl halides is 3. The highest BCUT2D eigenvalue weighted by Crippen LogP contribution is 2.31. The van der Waals surface area contributed by atoms with E-state index in [4.69, 9.17) is 16.0 Å². The first kappa shape index (κ1) is 16.0. The molecule has 1 unspecified atom stereocenters. The highest BCUT2D eigenvalue weighted by molar-refractivity contribution is 5.83. The Morgan fingerprint density at radius 3 is 2.42 bits per heavy atom. The van der Waals surface area contributed by atoms with Crippen LogP contribution in [-0.4, -0.2) is 53.0 Å². The van der Waals surface area contributed by atoms with Crippen molar-refractivity contribution in [1.82, 2.24) is 4.90 Å². The molecule has 0 aliphatic heterocycles. The van der Waals surface area contributed by atoms with Crippen LogP contribution < -0.4 is 5.73 Å². The van der Waals surface area contributed by atoms with Crippen molar-refractivity contribution >= 4 is 5.84 Å². The minimum absolute atomic E-state index is 0.0660. The Balaban J connectivity index is 2.71. The van der Waals surface area contributed by atoms with Crippen molar-refractivity contribution < 1.29 is 23.5 Å². The van der Waals surface area contributed by atoms with Gasteiger partial charge in [-0.05, 0) is 19.3 Å². The van der Waals surface area contributed by atoms with E-state index in [0.29, 0.717) is 13.0 Å². The van der Waals surface area contributed by atoms with Crippen LogP contribution in [0.25, 0.3) is 0 Å². The lowest BCUT2D eigenvalue weighted by molar-refractivity contribution is -0.162. The van der Waals surface area contributed by atoms with Crippen LogP contribution in [0, 0.1) is 5.92 Å². The number of hydrogen-bond donors (Lipinski definition) is 3. The van der Waals surface area contributed by atoms with Gasteiger partial charge in [0.2, 0.25) is 0 Å². The van der Waals surface area contributed by atoms with E-state index in [9.17, 15) is 13.2 Å². The summed E-state index contributed by atoms with van der Waals surface area (Å²) in [7, 11) is 0. The van der Waals surface area contributed by atoms with Crippen molar-refractivity contribution in [3.63, 3.8) is 0 Å². The largest absolute Gasteiger partial charge is 0.409 e. The number of aliphatic hydroxyl groups is 1. The molecule has 0 aromatic heterocycles. The van der Waals surface area contributed by atoms with Crippen molar-refractivity contribution in [2.24, 2.45) is 16.8 Å². The van der Waals surface area contributed by atoms with Gasteiger partial charge in [0.15, 0.2) is 5.84 Å². The Morgan fingerprint density at radius 1 is 1.42 bits per heavy atom. The molecule has 0 heterocycles. The van der Waals surface area contributed by atoms with Gasteiger partial charge < -0.3 is 16.0 Å². The lowest BCUT2D eigenvalue weighted by Gasteiger charge is -2.39. The molecule has 1 atom stereocenters. The normalized spacial score (nSPS) is 19.5. The summed E-state index contributed by atoms with van der Waals surface area (Å²) in [5.41, 5.74) is 5.14. The maximum atomic E-state index is 12.9. The fourth-order valence-corrected chi connectivity index (χ4v) is 2.12. The van der Waals surface area contributed by atoms with Crippen LogP contribution >= 0.6 is 0 Å². The van der Waals surface area contributed by atoms with E-state index in [-0.39, 0.29) is 19.2 Å². The lowest BCUT2D eigenvalue weighted by Crippen LogP contribution is -2.49. The Kier molecular flexibility index (Phi) is 5.86. The second-order valence-corrected chi connectivity index (χ2v) is 4.78. The fraction of sp³-hybridized carbons (Fsp3) is 0.909. The van der Waals surface area contributed by atoms with Gasteiger partial charge >= 0.3 is 6.18 Å². The van der Waals surface area contributed by atoms with Gasteiger partial charge in [0.05, 0.1) is 0 Å². The summed E-state index contributed by atoms with van der Waals surface area (Å²) in [5.74, 6) is -2.79. The van der Waals surface area contributed by atoms with Gasteiger partial charge in [0.25, 0.3) is 0 Å². The Bertz CT molecular complexity index is 306. The van der Waals surface area contributed by atoms with Crippen molar-refractivity contribution in [1.29, 1.82) is 0 Å². The highest BCUT2D eigenvalue weighted by atomic mass is 19.4. The molecule has 0 saturated heterocycles. The van der Waals surface area contributed by atoms with Gasteiger partial charge in [-0.25, -0.2) is 0 Å². The first-order valence-corrected chi connectivity index (χ1v) is 6.29. The molecule has 1 aliphatic rings. The second-order valence-electron chi connectivity index (χ2n) is 4.78. The summed E-state index contributed by atoms with van der Waals surface area (Å²) in [5, 5.41) is 19.8. The second kappa shape index (κ2) is 6.95. The van der Waals surface area contributed by atoms with E-state index < -0.39 is 17.9 Å². The Morgan fingerprint density at radius 2 is 2.05 bits per heavy atom. The van der Waals surface area contributed by atoms with Crippen LogP contribution in [0.3, 0.4) is 0 Å². The van der Waals surface area contributed by atoms with E-state index in [1.165, 1.54) is 0 Å². The van der Waals surface area contributed by atoms with Gasteiger partial charge in [0, 0.05) is 25.7 Å². The molecule has 5 nitrogen and oxygen atoms in total. The standard InChI is InChI=1S/C11H20F3N3O2/c12-11(13,14)9(10(15)16-19)7-17(5-2-6-18)8-3-1-4-8/h8-9,18-19H,1-7H2,(H2,15,16). The molecule has 0 bridgehead atoms. The topological polar surface area (TPSA) is 82.1 Å². The predicted octanol–water partition coefficient (Wildman–Crippen LogP) is 1.15. The first-order chi connectivity index (χ1) is 8.90. The summed E-state index contributed by atoms with van der Waals surface area (Å²) < 4.78 is 38.6. The van der Waals surface area contributed by atoms with E-state index in [1.807, 2.05) is 0 Å². The van der Waals surface area contributed by atoms with E-state index >= 15 is 0 Å². The zero-order valence-corrected chi connectivity index (χ0v) is 10.6. The molecular formula is C11H20F3N3O2. The Labute approximate surface area is 109 Å². The molecular weight excluding hydrogens is 263 g/mol.